The Labute approximate surface area is 251 Å². The van der Waals surface area contributed by atoms with Gasteiger partial charge in [-0.15, -0.1) is 0 Å². The molecule has 0 radical (unpaired) electrons. The number of likely N-dealkylation sites (N-methyl/N-ethyl adjacent to an activating group) is 1. The van der Waals surface area contributed by atoms with E-state index < -0.39 is 29.9 Å². The highest BCUT2D eigenvalue weighted by atomic mass is 16.5. The zero-order chi connectivity index (χ0) is 31.1. The van der Waals surface area contributed by atoms with Gasteiger partial charge < -0.3 is 37.1 Å². The van der Waals surface area contributed by atoms with Crippen LogP contribution in [0, 0.1) is 11.3 Å². The highest BCUT2D eigenvalue weighted by molar-refractivity contribution is 5.95. The smallest absolute Gasteiger partial charge is 0.248 e. The molecule has 4 amide bonds. The second-order valence-corrected chi connectivity index (χ2v) is 11.2. The maximum atomic E-state index is 13.5. The summed E-state index contributed by atoms with van der Waals surface area (Å²) in [6.07, 6.45) is 3.21. The molecule has 230 valence electrons. The van der Waals surface area contributed by atoms with Crippen LogP contribution < -0.4 is 32.2 Å². The van der Waals surface area contributed by atoms with Crippen molar-refractivity contribution in [1.82, 2.24) is 20.9 Å². The van der Waals surface area contributed by atoms with E-state index in [4.69, 9.17) is 21.6 Å². The number of nitrogen functional groups attached to an aromatic ring is 1. The van der Waals surface area contributed by atoms with E-state index in [2.05, 4.69) is 16.0 Å². The SMILES string of the molecule is C[C@@H]1C(=O)N[C@H](Cc2ccc(C(N)=O)cc2)C(=O)NCCCc2ccc(C(=N)N)cc2OCCN[C@@H](C2CC2)C(=O)N1C. The number of aryl methyl sites for hydroxylation is 1. The van der Waals surface area contributed by atoms with E-state index >= 15 is 0 Å². The third-order valence-corrected chi connectivity index (χ3v) is 8.00. The number of amidine groups is 1. The molecule has 43 heavy (non-hydrogen) atoms. The number of rotatable bonds is 5. The van der Waals surface area contributed by atoms with Gasteiger partial charge in [-0.1, -0.05) is 24.3 Å². The summed E-state index contributed by atoms with van der Waals surface area (Å²) in [5, 5.41) is 16.9. The first-order chi connectivity index (χ1) is 20.5. The summed E-state index contributed by atoms with van der Waals surface area (Å²) in [5.74, 6) is -0.854. The zero-order valence-electron chi connectivity index (χ0n) is 24.7. The number of hydrogen-bond donors (Lipinski definition) is 6. The monoisotopic (exact) mass is 591 g/mol. The van der Waals surface area contributed by atoms with Crippen LogP contribution in [-0.4, -0.2) is 79.2 Å². The van der Waals surface area contributed by atoms with Crippen molar-refractivity contribution in [1.29, 1.82) is 5.41 Å². The zero-order valence-corrected chi connectivity index (χ0v) is 24.7. The van der Waals surface area contributed by atoms with E-state index in [9.17, 15) is 19.2 Å². The van der Waals surface area contributed by atoms with Gasteiger partial charge in [-0.3, -0.25) is 24.6 Å². The Balaban J connectivity index is 1.57. The van der Waals surface area contributed by atoms with E-state index in [-0.39, 0.29) is 30.0 Å². The van der Waals surface area contributed by atoms with Crippen molar-refractivity contribution in [3.05, 3.63) is 64.7 Å². The first kappa shape index (κ1) is 31.5. The average molecular weight is 592 g/mol. The van der Waals surface area contributed by atoms with Gasteiger partial charge in [-0.05, 0) is 67.9 Å². The first-order valence-electron chi connectivity index (χ1n) is 14.6. The lowest BCUT2D eigenvalue weighted by atomic mass is 10.0. The van der Waals surface area contributed by atoms with E-state index in [0.29, 0.717) is 49.4 Å². The van der Waals surface area contributed by atoms with Crippen LogP contribution in [0.1, 0.15) is 53.2 Å². The van der Waals surface area contributed by atoms with Crippen molar-refractivity contribution in [2.24, 2.45) is 17.4 Å². The first-order valence-corrected chi connectivity index (χ1v) is 14.6. The lowest BCUT2D eigenvalue weighted by molar-refractivity contribution is -0.141. The van der Waals surface area contributed by atoms with Gasteiger partial charge in [0.1, 0.15) is 30.3 Å². The summed E-state index contributed by atoms with van der Waals surface area (Å²) in [5.41, 5.74) is 13.6. The summed E-state index contributed by atoms with van der Waals surface area (Å²) in [6, 6.07) is 9.72. The lowest BCUT2D eigenvalue weighted by Gasteiger charge is -2.30. The molecule has 0 bridgehead atoms. The summed E-state index contributed by atoms with van der Waals surface area (Å²) < 4.78 is 6.08. The molecule has 0 spiro atoms. The number of ether oxygens (including phenoxy) is 1. The van der Waals surface area contributed by atoms with Crippen LogP contribution in [0.4, 0.5) is 0 Å². The molecule has 2 aliphatic rings. The van der Waals surface area contributed by atoms with Crippen LogP contribution in [0.5, 0.6) is 5.75 Å². The Kier molecular flexibility index (Phi) is 10.4. The molecule has 1 saturated carbocycles. The minimum absolute atomic E-state index is 0.0647. The van der Waals surface area contributed by atoms with Crippen molar-refractivity contribution < 1.29 is 23.9 Å². The minimum Gasteiger partial charge on any atom is -0.492 e. The Bertz CT molecular complexity index is 1360. The van der Waals surface area contributed by atoms with E-state index in [1.54, 1.807) is 50.4 Å². The molecule has 2 aromatic carbocycles. The number of nitrogens with zero attached hydrogens (tertiary/aromatic N) is 1. The minimum atomic E-state index is -0.914. The Morgan fingerprint density at radius 2 is 1.72 bits per heavy atom. The predicted octanol–water partition coefficient (Wildman–Crippen LogP) is 0.453. The Morgan fingerprint density at radius 3 is 2.37 bits per heavy atom. The van der Waals surface area contributed by atoms with Crippen LogP contribution in [0.2, 0.25) is 0 Å². The largest absolute Gasteiger partial charge is 0.492 e. The van der Waals surface area contributed by atoms with Gasteiger partial charge in [0.05, 0.1) is 6.04 Å². The molecule has 4 rings (SSSR count). The third-order valence-electron chi connectivity index (χ3n) is 8.00. The summed E-state index contributed by atoms with van der Waals surface area (Å²) in [7, 11) is 1.59. The molecule has 2 aromatic rings. The summed E-state index contributed by atoms with van der Waals surface area (Å²) >= 11 is 0. The molecule has 3 atom stereocenters. The fourth-order valence-corrected chi connectivity index (χ4v) is 5.07. The summed E-state index contributed by atoms with van der Waals surface area (Å²) in [6.45, 7) is 2.69. The van der Waals surface area contributed by atoms with Crippen LogP contribution in [-0.2, 0) is 27.2 Å². The Hall–Kier alpha value is -4.45. The van der Waals surface area contributed by atoms with Gasteiger partial charge in [0, 0.05) is 37.7 Å². The molecule has 0 saturated heterocycles. The van der Waals surface area contributed by atoms with Crippen molar-refractivity contribution in [2.45, 2.75) is 57.2 Å². The standard InChI is InChI=1S/C31H41N7O5/c1-18-29(40)37-24(16-19-5-7-22(8-6-19)28(34)39)30(41)36-13-3-4-20-9-12-23(27(32)33)17-25(20)43-15-14-35-26(21-10-11-21)31(42)38(18)2/h5-9,12,17-18,21,24,26,35H,3-4,10-11,13-16H2,1-2H3,(H3,32,33)(H2,34,39)(H,36,41)(H,37,40)/t18-,24-,26+/m1/s1. The summed E-state index contributed by atoms with van der Waals surface area (Å²) in [4.78, 5) is 53.1. The van der Waals surface area contributed by atoms with Crippen LogP contribution >= 0.6 is 0 Å². The second kappa shape index (κ2) is 14.1. The van der Waals surface area contributed by atoms with Crippen LogP contribution in [0.15, 0.2) is 42.5 Å². The fourth-order valence-electron chi connectivity index (χ4n) is 5.07. The van der Waals surface area contributed by atoms with Crippen LogP contribution in [0.3, 0.4) is 0 Å². The second-order valence-electron chi connectivity index (χ2n) is 11.2. The number of carbonyl (C=O) groups is 4. The van der Waals surface area contributed by atoms with E-state index in [1.807, 2.05) is 6.07 Å². The number of nitrogens with two attached hydrogens (primary N) is 2. The van der Waals surface area contributed by atoms with Crippen molar-refractivity contribution in [2.75, 3.05) is 26.7 Å². The molecular weight excluding hydrogens is 550 g/mol. The van der Waals surface area contributed by atoms with Crippen LogP contribution in [0.25, 0.3) is 0 Å². The van der Waals surface area contributed by atoms with Crippen molar-refractivity contribution in [3.63, 3.8) is 0 Å². The van der Waals surface area contributed by atoms with E-state index in [0.717, 1.165) is 24.0 Å². The number of amides is 4. The quantitative estimate of drug-likeness (QED) is 0.215. The number of benzene rings is 2. The predicted molar refractivity (Wildman–Crippen MR) is 162 cm³/mol. The van der Waals surface area contributed by atoms with Gasteiger partial charge >= 0.3 is 0 Å². The molecule has 8 N–H and O–H groups in total. The highest BCUT2D eigenvalue weighted by Gasteiger charge is 2.39. The number of fused-ring (bicyclic) bond motifs is 1. The Morgan fingerprint density at radius 1 is 1.02 bits per heavy atom. The molecule has 1 heterocycles. The van der Waals surface area contributed by atoms with Gasteiger partial charge in [0.2, 0.25) is 23.6 Å². The molecule has 0 unspecified atom stereocenters. The lowest BCUT2D eigenvalue weighted by Crippen LogP contribution is -2.56. The topological polar surface area (TPSA) is 193 Å². The molecule has 1 fully saturated rings. The molecule has 12 nitrogen and oxygen atoms in total. The molecule has 1 aliphatic heterocycles. The van der Waals surface area contributed by atoms with Crippen molar-refractivity contribution >= 4 is 29.5 Å². The fraction of sp³-hybridized carbons (Fsp3) is 0.452. The molecular formula is C31H41N7O5. The number of carbonyl (C=O) groups excluding carboxylic acids is 4. The van der Waals surface area contributed by atoms with Crippen molar-refractivity contribution in [3.8, 4) is 5.75 Å². The van der Waals surface area contributed by atoms with E-state index in [1.165, 1.54) is 4.90 Å². The van der Waals surface area contributed by atoms with Gasteiger partial charge in [-0.25, -0.2) is 0 Å². The third kappa shape index (κ3) is 8.31. The average Bonchev–Trinajstić information content (AvgIpc) is 3.83. The van der Waals surface area contributed by atoms with Gasteiger partial charge in [-0.2, -0.15) is 0 Å². The number of hydrogen-bond acceptors (Lipinski definition) is 7. The molecule has 0 aromatic heterocycles. The maximum absolute atomic E-state index is 13.5. The number of primary amides is 1. The normalized spacial score (nSPS) is 22.7. The maximum Gasteiger partial charge on any atom is 0.248 e. The van der Waals surface area contributed by atoms with Gasteiger partial charge in [0.15, 0.2) is 0 Å². The number of nitrogens with one attached hydrogen (secondary N) is 4. The van der Waals surface area contributed by atoms with Gasteiger partial charge in [0.25, 0.3) is 0 Å². The molecule has 12 heteroatoms. The highest BCUT2D eigenvalue weighted by Crippen LogP contribution is 2.33. The molecule has 1 aliphatic carbocycles.